The monoisotopic (exact) mass is 453 g/mol. The van der Waals surface area contributed by atoms with Crippen LogP contribution in [0.5, 0.6) is 0 Å². The highest BCUT2D eigenvalue weighted by atomic mass is 19.1. The fraction of sp³-hybridized carbons (Fsp3) is 0.333. The lowest BCUT2D eigenvalue weighted by atomic mass is 9.94. The summed E-state index contributed by atoms with van der Waals surface area (Å²) in [5.74, 6) is -2.38. The van der Waals surface area contributed by atoms with Crippen LogP contribution in [-0.2, 0) is 14.3 Å². The first-order valence-corrected chi connectivity index (χ1v) is 10.8. The van der Waals surface area contributed by atoms with E-state index < -0.39 is 29.6 Å². The Morgan fingerprint density at radius 1 is 1.18 bits per heavy atom. The van der Waals surface area contributed by atoms with Crippen molar-refractivity contribution in [2.24, 2.45) is 0 Å². The number of ketones is 1. The number of pyridine rings is 1. The van der Waals surface area contributed by atoms with Gasteiger partial charge >= 0.3 is 6.09 Å². The summed E-state index contributed by atoms with van der Waals surface area (Å²) in [6.45, 7) is 2.77. The highest BCUT2D eigenvalue weighted by Gasteiger charge is 2.49. The van der Waals surface area contributed by atoms with E-state index in [1.807, 2.05) is 0 Å². The SMILES string of the molecule is CCOC(=O)N1CCC(N2C(=O)C(=O)/C(=C(/O)c3ccc(F)cc3)C2c2cccnc2)CC1. The van der Waals surface area contributed by atoms with E-state index in [0.717, 1.165) is 0 Å². The molecule has 2 saturated heterocycles. The minimum atomic E-state index is -0.845. The highest BCUT2D eigenvalue weighted by molar-refractivity contribution is 6.46. The molecule has 2 aromatic rings. The molecule has 2 aliphatic heterocycles. The van der Waals surface area contributed by atoms with Gasteiger partial charge in [0.1, 0.15) is 11.6 Å². The number of hydrogen-bond donors (Lipinski definition) is 1. The summed E-state index contributed by atoms with van der Waals surface area (Å²) in [4.78, 5) is 45.5. The van der Waals surface area contributed by atoms with Crippen LogP contribution >= 0.6 is 0 Å². The van der Waals surface area contributed by atoms with E-state index in [9.17, 15) is 23.9 Å². The van der Waals surface area contributed by atoms with Gasteiger partial charge in [0.25, 0.3) is 11.7 Å². The van der Waals surface area contributed by atoms with Crippen LogP contribution in [-0.4, -0.2) is 63.4 Å². The summed E-state index contributed by atoms with van der Waals surface area (Å²) >= 11 is 0. The van der Waals surface area contributed by atoms with Crippen LogP contribution in [0.25, 0.3) is 5.76 Å². The number of aliphatic hydroxyl groups is 1. The normalized spacial score (nSPS) is 20.8. The van der Waals surface area contributed by atoms with Gasteiger partial charge in [0.05, 0.1) is 18.2 Å². The van der Waals surface area contributed by atoms with Crippen molar-refractivity contribution in [1.82, 2.24) is 14.8 Å². The zero-order chi connectivity index (χ0) is 23.5. The maximum Gasteiger partial charge on any atom is 0.409 e. The number of carbonyl (C=O) groups excluding carboxylic acids is 3. The summed E-state index contributed by atoms with van der Waals surface area (Å²) < 4.78 is 18.4. The largest absolute Gasteiger partial charge is 0.507 e. The molecule has 3 heterocycles. The summed E-state index contributed by atoms with van der Waals surface area (Å²) in [6.07, 6.45) is 3.64. The summed E-state index contributed by atoms with van der Waals surface area (Å²) in [5, 5.41) is 11.0. The highest BCUT2D eigenvalue weighted by Crippen LogP contribution is 2.42. The maximum absolute atomic E-state index is 13.4. The number of benzene rings is 1. The first kappa shape index (κ1) is 22.4. The number of nitrogens with zero attached hydrogens (tertiary/aromatic N) is 3. The van der Waals surface area contributed by atoms with Crippen LogP contribution in [0.4, 0.5) is 9.18 Å². The minimum absolute atomic E-state index is 0.0626. The molecule has 2 fully saturated rings. The number of ether oxygens (including phenoxy) is 1. The lowest BCUT2D eigenvalue weighted by molar-refractivity contribution is -0.142. The number of piperidine rings is 1. The summed E-state index contributed by atoms with van der Waals surface area (Å²) in [7, 11) is 0. The van der Waals surface area contributed by atoms with E-state index in [2.05, 4.69) is 4.98 Å². The molecule has 0 spiro atoms. The van der Waals surface area contributed by atoms with E-state index >= 15 is 0 Å². The molecule has 1 aromatic heterocycles. The number of rotatable bonds is 4. The lowest BCUT2D eigenvalue weighted by Gasteiger charge is -2.38. The predicted molar refractivity (Wildman–Crippen MR) is 116 cm³/mol. The van der Waals surface area contributed by atoms with Gasteiger partial charge in [-0.05, 0) is 55.7 Å². The van der Waals surface area contributed by atoms with E-state index in [-0.39, 0.29) is 29.5 Å². The zero-order valence-corrected chi connectivity index (χ0v) is 18.1. The molecule has 1 N–H and O–H groups in total. The molecule has 2 aliphatic rings. The fourth-order valence-corrected chi connectivity index (χ4v) is 4.40. The molecular weight excluding hydrogens is 429 g/mol. The van der Waals surface area contributed by atoms with E-state index in [0.29, 0.717) is 31.5 Å². The molecule has 2 amide bonds. The third-order valence-corrected chi connectivity index (χ3v) is 5.98. The van der Waals surface area contributed by atoms with Gasteiger partial charge in [-0.2, -0.15) is 0 Å². The van der Waals surface area contributed by atoms with Crippen LogP contribution in [0.2, 0.25) is 0 Å². The van der Waals surface area contributed by atoms with Gasteiger partial charge in [-0.15, -0.1) is 0 Å². The molecule has 1 unspecified atom stereocenters. The minimum Gasteiger partial charge on any atom is -0.507 e. The second-order valence-corrected chi connectivity index (χ2v) is 7.92. The van der Waals surface area contributed by atoms with Gasteiger partial charge in [-0.25, -0.2) is 9.18 Å². The average Bonchev–Trinajstić information content (AvgIpc) is 3.10. The number of halogens is 1. The van der Waals surface area contributed by atoms with Crippen molar-refractivity contribution < 1.29 is 28.6 Å². The molecule has 172 valence electrons. The smallest absolute Gasteiger partial charge is 0.409 e. The second-order valence-electron chi connectivity index (χ2n) is 7.92. The van der Waals surface area contributed by atoms with Crippen LogP contribution in [0.15, 0.2) is 54.4 Å². The van der Waals surface area contributed by atoms with Crippen molar-refractivity contribution >= 4 is 23.5 Å². The van der Waals surface area contributed by atoms with E-state index in [1.54, 1.807) is 36.4 Å². The van der Waals surface area contributed by atoms with Gasteiger partial charge in [-0.1, -0.05) is 6.07 Å². The molecule has 0 aliphatic carbocycles. The van der Waals surface area contributed by atoms with Gasteiger partial charge in [-0.3, -0.25) is 14.6 Å². The Balaban J connectivity index is 1.71. The summed E-state index contributed by atoms with van der Waals surface area (Å²) in [5.41, 5.74) is 0.751. The Labute approximate surface area is 190 Å². The van der Waals surface area contributed by atoms with Crippen molar-refractivity contribution in [2.45, 2.75) is 31.8 Å². The zero-order valence-electron chi connectivity index (χ0n) is 18.1. The van der Waals surface area contributed by atoms with Crippen LogP contribution in [0, 0.1) is 5.82 Å². The molecule has 33 heavy (non-hydrogen) atoms. The summed E-state index contributed by atoms with van der Waals surface area (Å²) in [6, 6.07) is 7.33. The first-order valence-electron chi connectivity index (χ1n) is 10.8. The molecular formula is C24H24FN3O5. The van der Waals surface area contributed by atoms with E-state index in [1.165, 1.54) is 29.2 Å². The standard InChI is InChI=1S/C24H24FN3O5/c1-2-33-24(32)27-12-9-18(10-13-27)28-20(16-4-3-11-26-14-16)19(22(30)23(28)31)21(29)15-5-7-17(25)8-6-15/h3-8,11,14,18,20,29H,2,9-10,12-13H2,1H3/b21-19+. The molecule has 8 nitrogen and oxygen atoms in total. The van der Waals surface area contributed by atoms with Gasteiger partial charge in [0.2, 0.25) is 0 Å². The molecule has 9 heteroatoms. The average molecular weight is 453 g/mol. The van der Waals surface area contributed by atoms with Crippen LogP contribution < -0.4 is 0 Å². The topological polar surface area (TPSA) is 100 Å². The second kappa shape index (κ2) is 9.40. The van der Waals surface area contributed by atoms with Crippen molar-refractivity contribution in [3.63, 3.8) is 0 Å². The molecule has 4 rings (SSSR count). The van der Waals surface area contributed by atoms with Crippen LogP contribution in [0.3, 0.4) is 0 Å². The number of carbonyl (C=O) groups is 3. The Kier molecular flexibility index (Phi) is 6.39. The number of aromatic nitrogens is 1. The van der Waals surface area contributed by atoms with Gasteiger partial charge in [0.15, 0.2) is 0 Å². The maximum atomic E-state index is 13.4. The number of hydrogen-bond acceptors (Lipinski definition) is 6. The van der Waals surface area contributed by atoms with Crippen molar-refractivity contribution in [3.05, 3.63) is 71.3 Å². The molecule has 0 radical (unpaired) electrons. The Hall–Kier alpha value is -3.75. The third-order valence-electron chi connectivity index (χ3n) is 5.98. The number of aliphatic hydroxyl groups excluding tert-OH is 1. The quantitative estimate of drug-likeness (QED) is 0.433. The number of Topliss-reactive ketones (excluding diaryl/α,β-unsaturated/α-hetero) is 1. The van der Waals surface area contributed by atoms with Crippen molar-refractivity contribution in [1.29, 1.82) is 0 Å². The van der Waals surface area contributed by atoms with Crippen molar-refractivity contribution in [2.75, 3.05) is 19.7 Å². The van der Waals surface area contributed by atoms with Crippen LogP contribution in [0.1, 0.15) is 36.9 Å². The molecule has 1 atom stereocenters. The van der Waals surface area contributed by atoms with Gasteiger partial charge in [0, 0.05) is 37.1 Å². The molecule has 1 aromatic carbocycles. The number of likely N-dealkylation sites (tertiary alicyclic amines) is 2. The Morgan fingerprint density at radius 2 is 1.88 bits per heavy atom. The molecule has 0 saturated carbocycles. The fourth-order valence-electron chi connectivity index (χ4n) is 4.40. The third kappa shape index (κ3) is 4.30. The van der Waals surface area contributed by atoms with E-state index in [4.69, 9.17) is 4.74 Å². The predicted octanol–water partition coefficient (Wildman–Crippen LogP) is 3.26. The first-order chi connectivity index (χ1) is 15.9. The van der Waals surface area contributed by atoms with Crippen molar-refractivity contribution in [3.8, 4) is 0 Å². The molecule has 0 bridgehead atoms. The Morgan fingerprint density at radius 3 is 2.48 bits per heavy atom. The van der Waals surface area contributed by atoms with Gasteiger partial charge < -0.3 is 19.6 Å². The number of amides is 2. The Bertz CT molecular complexity index is 1080. The lowest BCUT2D eigenvalue weighted by Crippen LogP contribution is -2.48.